The molecule has 0 spiro atoms. The Balaban J connectivity index is 1.68. The third-order valence-electron chi connectivity index (χ3n) is 6.31. The molecule has 2 aliphatic heterocycles. The van der Waals surface area contributed by atoms with Crippen LogP contribution in [0.5, 0.6) is 0 Å². The summed E-state index contributed by atoms with van der Waals surface area (Å²) in [5.41, 5.74) is 0.379. The Hall–Kier alpha value is -0.120. The molecule has 4 unspecified atom stereocenters. The fraction of sp³-hybridized carbons (Fsp3) is 1.00. The number of rotatable bonds is 1. The fourth-order valence-electron chi connectivity index (χ4n) is 4.85. The van der Waals surface area contributed by atoms with Crippen LogP contribution >= 0.6 is 0 Å². The predicted octanol–water partition coefficient (Wildman–Crippen LogP) is 2.73. The standard InChI is InChI=1S/C18H34N2O/c1-18(2,3)14-7-8-17(21)16(12-14)20-11-5-10-19-9-4-6-15(19)13-20/h14-17,21H,4-13H2,1-3H3. The minimum atomic E-state index is -0.100. The summed E-state index contributed by atoms with van der Waals surface area (Å²) in [6.07, 6.45) is 7.30. The van der Waals surface area contributed by atoms with Gasteiger partial charge in [-0.25, -0.2) is 0 Å². The maximum atomic E-state index is 10.6. The van der Waals surface area contributed by atoms with E-state index >= 15 is 0 Å². The van der Waals surface area contributed by atoms with Crippen LogP contribution in [0.1, 0.15) is 59.3 Å². The second-order valence-corrected chi connectivity index (χ2v) is 8.69. The van der Waals surface area contributed by atoms with Crippen LogP contribution in [0.4, 0.5) is 0 Å². The van der Waals surface area contributed by atoms with Gasteiger partial charge in [-0.3, -0.25) is 9.80 Å². The molecule has 3 rings (SSSR count). The summed E-state index contributed by atoms with van der Waals surface area (Å²) in [6.45, 7) is 12.1. The summed E-state index contributed by atoms with van der Waals surface area (Å²) < 4.78 is 0. The molecule has 1 aliphatic carbocycles. The largest absolute Gasteiger partial charge is 0.391 e. The van der Waals surface area contributed by atoms with E-state index < -0.39 is 0 Å². The molecule has 3 heteroatoms. The minimum absolute atomic E-state index is 0.100. The number of hydrogen-bond acceptors (Lipinski definition) is 3. The molecule has 1 N–H and O–H groups in total. The van der Waals surface area contributed by atoms with Gasteiger partial charge in [0.05, 0.1) is 6.10 Å². The van der Waals surface area contributed by atoms with Crippen molar-refractivity contribution in [2.45, 2.75) is 77.5 Å². The molecule has 3 fully saturated rings. The third-order valence-corrected chi connectivity index (χ3v) is 6.31. The molecular weight excluding hydrogens is 260 g/mol. The number of aliphatic hydroxyl groups excluding tert-OH is 1. The van der Waals surface area contributed by atoms with Gasteiger partial charge in [-0.05, 0) is 69.5 Å². The first-order valence-corrected chi connectivity index (χ1v) is 9.11. The average Bonchev–Trinajstić information content (AvgIpc) is 2.75. The topological polar surface area (TPSA) is 26.7 Å². The zero-order valence-corrected chi connectivity index (χ0v) is 14.2. The van der Waals surface area contributed by atoms with Crippen molar-refractivity contribution in [1.29, 1.82) is 0 Å². The van der Waals surface area contributed by atoms with Gasteiger partial charge in [0.2, 0.25) is 0 Å². The highest BCUT2D eigenvalue weighted by Crippen LogP contribution is 2.40. The number of hydrogen-bond donors (Lipinski definition) is 1. The average molecular weight is 294 g/mol. The van der Waals surface area contributed by atoms with Gasteiger partial charge < -0.3 is 5.11 Å². The lowest BCUT2D eigenvalue weighted by molar-refractivity contribution is -0.0187. The minimum Gasteiger partial charge on any atom is -0.391 e. The molecule has 21 heavy (non-hydrogen) atoms. The van der Waals surface area contributed by atoms with E-state index in [1.54, 1.807) is 0 Å². The maximum absolute atomic E-state index is 10.6. The smallest absolute Gasteiger partial charge is 0.0695 e. The van der Waals surface area contributed by atoms with Crippen LogP contribution in [0.3, 0.4) is 0 Å². The second-order valence-electron chi connectivity index (χ2n) is 8.69. The van der Waals surface area contributed by atoms with E-state index in [-0.39, 0.29) is 6.10 Å². The summed E-state index contributed by atoms with van der Waals surface area (Å²) >= 11 is 0. The Kier molecular flexibility index (Phi) is 4.63. The molecule has 1 saturated carbocycles. The molecule has 0 radical (unpaired) electrons. The molecule has 3 aliphatic rings. The first-order chi connectivity index (χ1) is 9.95. The number of fused-ring (bicyclic) bond motifs is 1. The van der Waals surface area contributed by atoms with Crippen molar-refractivity contribution in [2.24, 2.45) is 11.3 Å². The predicted molar refractivity (Wildman–Crippen MR) is 87.4 cm³/mol. The molecule has 0 bridgehead atoms. The number of aliphatic hydroxyl groups is 1. The van der Waals surface area contributed by atoms with Crippen molar-refractivity contribution < 1.29 is 5.11 Å². The maximum Gasteiger partial charge on any atom is 0.0695 e. The van der Waals surface area contributed by atoms with E-state index in [1.165, 1.54) is 58.3 Å². The summed E-state index contributed by atoms with van der Waals surface area (Å²) in [4.78, 5) is 5.34. The lowest BCUT2D eigenvalue weighted by atomic mass is 9.70. The molecule has 3 nitrogen and oxygen atoms in total. The summed E-state index contributed by atoms with van der Waals surface area (Å²) in [5, 5.41) is 10.6. The molecule has 0 amide bonds. The van der Waals surface area contributed by atoms with Crippen molar-refractivity contribution in [3.63, 3.8) is 0 Å². The van der Waals surface area contributed by atoms with Crippen molar-refractivity contribution in [1.82, 2.24) is 9.80 Å². The van der Waals surface area contributed by atoms with Gasteiger partial charge in [0.25, 0.3) is 0 Å². The Bertz CT molecular complexity index is 352. The summed E-state index contributed by atoms with van der Waals surface area (Å²) in [6, 6.07) is 1.17. The van der Waals surface area contributed by atoms with Crippen LogP contribution in [-0.2, 0) is 0 Å². The van der Waals surface area contributed by atoms with E-state index in [0.717, 1.165) is 18.4 Å². The highest BCUT2D eigenvalue weighted by atomic mass is 16.3. The highest BCUT2D eigenvalue weighted by Gasteiger charge is 2.40. The lowest BCUT2D eigenvalue weighted by Crippen LogP contribution is -2.51. The molecule has 0 aromatic heterocycles. The summed E-state index contributed by atoms with van der Waals surface area (Å²) in [5.74, 6) is 0.758. The molecule has 2 heterocycles. The van der Waals surface area contributed by atoms with E-state index in [0.29, 0.717) is 11.5 Å². The van der Waals surface area contributed by atoms with Gasteiger partial charge in [-0.15, -0.1) is 0 Å². The van der Waals surface area contributed by atoms with E-state index in [4.69, 9.17) is 0 Å². The highest BCUT2D eigenvalue weighted by molar-refractivity contribution is 4.94. The first kappa shape index (κ1) is 15.8. The molecule has 4 atom stereocenters. The Morgan fingerprint density at radius 3 is 2.38 bits per heavy atom. The van der Waals surface area contributed by atoms with Crippen LogP contribution in [0.25, 0.3) is 0 Å². The number of nitrogens with zero attached hydrogens (tertiary/aromatic N) is 2. The SMILES string of the molecule is CC(C)(C)C1CCC(O)C(N2CCCN3CCCC3C2)C1. The second kappa shape index (κ2) is 6.17. The molecule has 122 valence electrons. The van der Waals surface area contributed by atoms with Gasteiger partial charge in [-0.1, -0.05) is 20.8 Å². The first-order valence-electron chi connectivity index (χ1n) is 9.11. The quantitative estimate of drug-likeness (QED) is 0.805. The Labute approximate surface area is 130 Å². The van der Waals surface area contributed by atoms with E-state index in [1.807, 2.05) is 0 Å². The molecular formula is C18H34N2O. The van der Waals surface area contributed by atoms with Gasteiger partial charge in [-0.2, -0.15) is 0 Å². The monoisotopic (exact) mass is 294 g/mol. The van der Waals surface area contributed by atoms with E-state index in [2.05, 4.69) is 30.6 Å². The normalized spacial score (nSPS) is 40.0. The van der Waals surface area contributed by atoms with Crippen LogP contribution in [0.15, 0.2) is 0 Å². The van der Waals surface area contributed by atoms with Crippen LogP contribution in [0.2, 0.25) is 0 Å². The van der Waals surface area contributed by atoms with Crippen molar-refractivity contribution in [2.75, 3.05) is 26.2 Å². The van der Waals surface area contributed by atoms with Gasteiger partial charge in [0.1, 0.15) is 0 Å². The summed E-state index contributed by atoms with van der Waals surface area (Å²) in [7, 11) is 0. The van der Waals surface area contributed by atoms with E-state index in [9.17, 15) is 5.11 Å². The molecule has 0 aromatic rings. The van der Waals surface area contributed by atoms with Crippen LogP contribution in [-0.4, -0.2) is 59.3 Å². The van der Waals surface area contributed by atoms with Crippen molar-refractivity contribution >= 4 is 0 Å². The zero-order chi connectivity index (χ0) is 15.0. The zero-order valence-electron chi connectivity index (χ0n) is 14.2. The Morgan fingerprint density at radius 1 is 0.905 bits per heavy atom. The third kappa shape index (κ3) is 3.46. The lowest BCUT2D eigenvalue weighted by Gasteiger charge is -2.45. The molecule has 2 saturated heterocycles. The Morgan fingerprint density at radius 2 is 1.62 bits per heavy atom. The van der Waals surface area contributed by atoms with Gasteiger partial charge in [0.15, 0.2) is 0 Å². The van der Waals surface area contributed by atoms with Crippen LogP contribution in [0, 0.1) is 11.3 Å². The molecule has 0 aromatic carbocycles. The fourth-order valence-corrected chi connectivity index (χ4v) is 4.85. The van der Waals surface area contributed by atoms with Gasteiger partial charge >= 0.3 is 0 Å². The van der Waals surface area contributed by atoms with Crippen molar-refractivity contribution in [3.8, 4) is 0 Å². The van der Waals surface area contributed by atoms with Crippen molar-refractivity contribution in [3.05, 3.63) is 0 Å². The van der Waals surface area contributed by atoms with Gasteiger partial charge in [0, 0.05) is 18.6 Å². The van der Waals surface area contributed by atoms with Crippen LogP contribution < -0.4 is 0 Å².